The molecule has 1 aromatic heterocycles. The highest BCUT2D eigenvalue weighted by atomic mass is 32.1. The van der Waals surface area contributed by atoms with Crippen molar-refractivity contribution in [2.45, 2.75) is 53.5 Å². The summed E-state index contributed by atoms with van der Waals surface area (Å²) in [5.41, 5.74) is 1.65. The molecule has 1 rings (SSSR count). The Morgan fingerprint density at radius 1 is 1.38 bits per heavy atom. The molecule has 0 fully saturated rings. The maximum Gasteiger partial charge on any atom is 0.0926 e. The summed E-state index contributed by atoms with van der Waals surface area (Å²) < 4.78 is 0. The van der Waals surface area contributed by atoms with E-state index in [2.05, 4.69) is 43.4 Å². The number of aryl methyl sites for hydroxylation is 1. The van der Waals surface area contributed by atoms with Crippen LogP contribution in [0.15, 0.2) is 5.38 Å². The number of hydrogen-bond acceptors (Lipinski definition) is 3. The summed E-state index contributed by atoms with van der Waals surface area (Å²) in [5.74, 6) is 0. The first-order valence-corrected chi connectivity index (χ1v) is 7.03. The van der Waals surface area contributed by atoms with Crippen molar-refractivity contribution in [1.29, 1.82) is 0 Å². The summed E-state index contributed by atoms with van der Waals surface area (Å²) in [5, 5.41) is 6.86. The maximum absolute atomic E-state index is 4.53. The fourth-order valence-electron chi connectivity index (χ4n) is 1.55. The van der Waals surface area contributed by atoms with Crippen LogP contribution < -0.4 is 5.32 Å². The van der Waals surface area contributed by atoms with Gasteiger partial charge in [-0.25, -0.2) is 4.98 Å². The van der Waals surface area contributed by atoms with Crippen molar-refractivity contribution in [3.05, 3.63) is 16.1 Å². The molecule has 0 aliphatic heterocycles. The quantitative estimate of drug-likeness (QED) is 0.768. The Morgan fingerprint density at radius 2 is 2.12 bits per heavy atom. The molecule has 0 bridgehead atoms. The van der Waals surface area contributed by atoms with Gasteiger partial charge in [-0.15, -0.1) is 11.3 Å². The van der Waals surface area contributed by atoms with E-state index in [9.17, 15) is 0 Å². The molecule has 0 saturated heterocycles. The van der Waals surface area contributed by atoms with E-state index in [4.69, 9.17) is 0 Å². The van der Waals surface area contributed by atoms with Crippen LogP contribution in [0, 0.1) is 5.41 Å². The molecule has 0 amide bonds. The van der Waals surface area contributed by atoms with E-state index in [1.807, 2.05) is 0 Å². The van der Waals surface area contributed by atoms with Gasteiger partial charge in [-0.2, -0.15) is 0 Å². The Morgan fingerprint density at radius 3 is 2.69 bits per heavy atom. The van der Waals surface area contributed by atoms with Gasteiger partial charge in [-0.3, -0.25) is 0 Å². The molecule has 0 spiro atoms. The summed E-state index contributed by atoms with van der Waals surface area (Å²) in [4.78, 5) is 4.53. The molecule has 0 unspecified atom stereocenters. The Balaban J connectivity index is 2.11. The van der Waals surface area contributed by atoms with Crippen LogP contribution in [0.5, 0.6) is 0 Å². The fraction of sp³-hybridized carbons (Fsp3) is 0.769. The standard InChI is InChI=1S/C13H24N2S/c1-5-12-15-11(10-16-12)9-14-8-6-7-13(2,3)4/h10,14H,5-9H2,1-4H3. The van der Waals surface area contributed by atoms with Crippen molar-refractivity contribution < 1.29 is 0 Å². The molecule has 1 N–H and O–H groups in total. The largest absolute Gasteiger partial charge is 0.311 e. The molecular weight excluding hydrogens is 216 g/mol. The molecule has 2 nitrogen and oxygen atoms in total. The third-order valence-electron chi connectivity index (χ3n) is 2.49. The lowest BCUT2D eigenvalue weighted by Gasteiger charge is -2.17. The zero-order valence-electron chi connectivity index (χ0n) is 11.0. The molecule has 3 heteroatoms. The van der Waals surface area contributed by atoms with Crippen molar-refractivity contribution in [2.75, 3.05) is 6.54 Å². The monoisotopic (exact) mass is 240 g/mol. The molecule has 0 atom stereocenters. The fourth-order valence-corrected chi connectivity index (χ4v) is 2.30. The zero-order valence-corrected chi connectivity index (χ0v) is 11.8. The predicted octanol–water partition coefficient (Wildman–Crippen LogP) is 3.62. The first kappa shape index (κ1) is 13.7. The normalized spacial score (nSPS) is 12.0. The van der Waals surface area contributed by atoms with Crippen LogP contribution in [0.1, 0.15) is 51.2 Å². The molecule has 92 valence electrons. The molecule has 1 heterocycles. The van der Waals surface area contributed by atoms with E-state index in [1.54, 1.807) is 11.3 Å². The molecule has 0 aromatic carbocycles. The van der Waals surface area contributed by atoms with Crippen LogP contribution in [0.3, 0.4) is 0 Å². The van der Waals surface area contributed by atoms with E-state index in [0.717, 1.165) is 19.5 Å². The van der Waals surface area contributed by atoms with E-state index in [0.29, 0.717) is 5.41 Å². The third kappa shape index (κ3) is 5.61. The Kier molecular flexibility index (Phi) is 5.42. The first-order valence-electron chi connectivity index (χ1n) is 6.15. The summed E-state index contributed by atoms with van der Waals surface area (Å²) in [6.45, 7) is 11.0. The van der Waals surface area contributed by atoms with Gasteiger partial charge in [0, 0.05) is 11.9 Å². The topological polar surface area (TPSA) is 24.9 Å². The van der Waals surface area contributed by atoms with E-state index in [-0.39, 0.29) is 0 Å². The van der Waals surface area contributed by atoms with Crippen molar-refractivity contribution in [3.8, 4) is 0 Å². The number of rotatable bonds is 6. The Bertz CT molecular complexity index is 299. The van der Waals surface area contributed by atoms with Crippen molar-refractivity contribution in [1.82, 2.24) is 10.3 Å². The van der Waals surface area contributed by atoms with Gasteiger partial charge in [0.05, 0.1) is 10.7 Å². The minimum atomic E-state index is 0.456. The molecular formula is C13H24N2S. The Labute approximate surface area is 103 Å². The predicted molar refractivity (Wildman–Crippen MR) is 71.9 cm³/mol. The van der Waals surface area contributed by atoms with Gasteiger partial charge in [-0.05, 0) is 31.2 Å². The molecule has 0 aliphatic rings. The SMILES string of the molecule is CCc1nc(CNCCCC(C)(C)C)cs1. The van der Waals surface area contributed by atoms with Gasteiger partial charge in [0.1, 0.15) is 0 Å². The number of thiazole rings is 1. The van der Waals surface area contributed by atoms with Gasteiger partial charge in [0.15, 0.2) is 0 Å². The zero-order chi connectivity index (χ0) is 12.0. The summed E-state index contributed by atoms with van der Waals surface area (Å²) in [6.07, 6.45) is 3.57. The summed E-state index contributed by atoms with van der Waals surface area (Å²) in [7, 11) is 0. The first-order chi connectivity index (χ1) is 7.51. The summed E-state index contributed by atoms with van der Waals surface area (Å²) in [6, 6.07) is 0. The van der Waals surface area contributed by atoms with Crippen molar-refractivity contribution in [3.63, 3.8) is 0 Å². The second-order valence-electron chi connectivity index (χ2n) is 5.43. The van der Waals surface area contributed by atoms with Crippen molar-refractivity contribution >= 4 is 11.3 Å². The minimum Gasteiger partial charge on any atom is -0.311 e. The molecule has 0 saturated carbocycles. The smallest absolute Gasteiger partial charge is 0.0926 e. The van der Waals surface area contributed by atoms with Crippen LogP contribution in [0.2, 0.25) is 0 Å². The van der Waals surface area contributed by atoms with Crippen molar-refractivity contribution in [2.24, 2.45) is 5.41 Å². The van der Waals surface area contributed by atoms with Crippen LogP contribution >= 0.6 is 11.3 Å². The van der Waals surface area contributed by atoms with Gasteiger partial charge >= 0.3 is 0 Å². The average molecular weight is 240 g/mol. The third-order valence-corrected chi connectivity index (χ3v) is 3.53. The van der Waals surface area contributed by atoms with Crippen LogP contribution in [0.25, 0.3) is 0 Å². The van der Waals surface area contributed by atoms with Crippen LogP contribution in [0.4, 0.5) is 0 Å². The van der Waals surface area contributed by atoms with E-state index >= 15 is 0 Å². The highest BCUT2D eigenvalue weighted by Gasteiger charge is 2.08. The molecule has 16 heavy (non-hydrogen) atoms. The summed E-state index contributed by atoms with van der Waals surface area (Å²) >= 11 is 1.77. The molecule has 0 radical (unpaired) electrons. The number of nitrogens with one attached hydrogen (secondary N) is 1. The van der Waals surface area contributed by atoms with E-state index in [1.165, 1.54) is 23.5 Å². The second-order valence-corrected chi connectivity index (χ2v) is 6.37. The lowest BCUT2D eigenvalue weighted by atomic mass is 9.91. The second kappa shape index (κ2) is 6.36. The molecule has 1 aromatic rings. The average Bonchev–Trinajstić information content (AvgIpc) is 2.63. The van der Waals surface area contributed by atoms with E-state index < -0.39 is 0 Å². The number of hydrogen-bond donors (Lipinski definition) is 1. The minimum absolute atomic E-state index is 0.456. The van der Waals surface area contributed by atoms with Gasteiger partial charge < -0.3 is 5.32 Å². The van der Waals surface area contributed by atoms with Crippen LogP contribution in [-0.4, -0.2) is 11.5 Å². The highest BCUT2D eigenvalue weighted by Crippen LogP contribution is 2.19. The maximum atomic E-state index is 4.53. The van der Waals surface area contributed by atoms with Crippen LogP contribution in [-0.2, 0) is 13.0 Å². The number of aromatic nitrogens is 1. The molecule has 0 aliphatic carbocycles. The number of nitrogens with zero attached hydrogens (tertiary/aromatic N) is 1. The van der Waals surface area contributed by atoms with Gasteiger partial charge in [0.2, 0.25) is 0 Å². The van der Waals surface area contributed by atoms with Gasteiger partial charge in [-0.1, -0.05) is 27.7 Å². The van der Waals surface area contributed by atoms with Gasteiger partial charge in [0.25, 0.3) is 0 Å². The lowest BCUT2D eigenvalue weighted by molar-refractivity contribution is 0.361. The highest BCUT2D eigenvalue weighted by molar-refractivity contribution is 7.09. The Hall–Kier alpha value is -0.410. The lowest BCUT2D eigenvalue weighted by Crippen LogP contribution is -2.17.